The molecule has 1 aromatic carbocycles. The predicted octanol–water partition coefficient (Wildman–Crippen LogP) is 3.64. The lowest BCUT2D eigenvalue weighted by Crippen LogP contribution is -2.35. The Balaban J connectivity index is 2.67. The van der Waals surface area contributed by atoms with E-state index in [2.05, 4.69) is 4.98 Å². The maximum absolute atomic E-state index is 13.6. The van der Waals surface area contributed by atoms with Crippen molar-refractivity contribution in [3.05, 3.63) is 28.8 Å². The summed E-state index contributed by atoms with van der Waals surface area (Å²) in [6, 6.07) is 2.74. The van der Waals surface area contributed by atoms with Crippen LogP contribution in [0.25, 0.3) is 11.0 Å². The highest BCUT2D eigenvalue weighted by Crippen LogP contribution is 2.31. The zero-order valence-electron chi connectivity index (χ0n) is 12.0. The fourth-order valence-corrected chi connectivity index (χ4v) is 2.41. The molecule has 2 aromatic rings. The first-order valence-corrected chi connectivity index (χ1v) is 7.24. The number of aromatic nitrogens is 2. The molecule has 0 bridgehead atoms. The highest BCUT2D eigenvalue weighted by molar-refractivity contribution is 6.31. The van der Waals surface area contributed by atoms with Gasteiger partial charge in [0.25, 0.3) is 0 Å². The lowest BCUT2D eigenvalue weighted by Gasteiger charge is -2.23. The standard InChI is InChI=1S/C14H16Cl2FN3O/c1-7(15)12-19-10-5-9(17)8(16)4-11(10)20(12)6-14(2,3)13(18)21/h4-5,7H,6H2,1-3H3,(H2,18,21). The van der Waals surface area contributed by atoms with Gasteiger partial charge in [-0.25, -0.2) is 9.37 Å². The van der Waals surface area contributed by atoms with Gasteiger partial charge in [-0.05, 0) is 26.8 Å². The molecule has 114 valence electrons. The first kappa shape index (κ1) is 16.0. The molecule has 0 fully saturated rings. The van der Waals surface area contributed by atoms with E-state index in [0.717, 1.165) is 0 Å². The van der Waals surface area contributed by atoms with E-state index in [9.17, 15) is 9.18 Å². The molecular weight excluding hydrogens is 316 g/mol. The minimum absolute atomic E-state index is 0.00527. The number of hydrogen-bond acceptors (Lipinski definition) is 2. The van der Waals surface area contributed by atoms with Gasteiger partial charge in [-0.2, -0.15) is 0 Å². The van der Waals surface area contributed by atoms with Crippen LogP contribution in [0, 0.1) is 11.2 Å². The molecule has 2 N–H and O–H groups in total. The molecule has 0 saturated heterocycles. The number of fused-ring (bicyclic) bond motifs is 1. The summed E-state index contributed by atoms with van der Waals surface area (Å²) in [5.41, 5.74) is 5.69. The molecule has 4 nitrogen and oxygen atoms in total. The summed E-state index contributed by atoms with van der Waals surface area (Å²) in [5.74, 6) is -0.440. The van der Waals surface area contributed by atoms with Gasteiger partial charge >= 0.3 is 0 Å². The zero-order valence-corrected chi connectivity index (χ0v) is 13.5. The van der Waals surface area contributed by atoms with Gasteiger partial charge in [0.1, 0.15) is 11.6 Å². The lowest BCUT2D eigenvalue weighted by molar-refractivity contribution is -0.126. The van der Waals surface area contributed by atoms with Gasteiger partial charge in [-0.15, -0.1) is 11.6 Å². The minimum Gasteiger partial charge on any atom is -0.369 e. The summed E-state index contributed by atoms with van der Waals surface area (Å²) in [5, 5.41) is -0.405. The van der Waals surface area contributed by atoms with Crippen LogP contribution in [0.4, 0.5) is 4.39 Å². The average molecular weight is 332 g/mol. The smallest absolute Gasteiger partial charge is 0.224 e. The van der Waals surface area contributed by atoms with Crippen molar-refractivity contribution in [3.8, 4) is 0 Å². The largest absolute Gasteiger partial charge is 0.369 e. The summed E-state index contributed by atoms with van der Waals surface area (Å²) < 4.78 is 15.3. The molecule has 0 aliphatic carbocycles. The van der Waals surface area contributed by atoms with Gasteiger partial charge in [0.15, 0.2) is 0 Å². The van der Waals surface area contributed by atoms with Crippen LogP contribution in [0.2, 0.25) is 5.02 Å². The van der Waals surface area contributed by atoms with Crippen LogP contribution in [0.15, 0.2) is 12.1 Å². The fraction of sp³-hybridized carbons (Fsp3) is 0.429. The van der Waals surface area contributed by atoms with Crippen molar-refractivity contribution in [2.75, 3.05) is 0 Å². The van der Waals surface area contributed by atoms with Gasteiger partial charge in [0, 0.05) is 12.6 Å². The fourth-order valence-electron chi connectivity index (χ4n) is 2.08. The van der Waals surface area contributed by atoms with Gasteiger partial charge < -0.3 is 10.3 Å². The normalized spacial score (nSPS) is 13.6. The Morgan fingerprint density at radius 2 is 2.14 bits per heavy atom. The number of carbonyl (C=O) groups excluding carboxylic acids is 1. The molecule has 0 aliphatic heterocycles. The number of imidazole rings is 1. The molecule has 21 heavy (non-hydrogen) atoms. The zero-order chi connectivity index (χ0) is 15.9. The molecular formula is C14H16Cl2FN3O. The van der Waals surface area contributed by atoms with Crippen molar-refractivity contribution in [2.45, 2.75) is 32.7 Å². The second-order valence-corrected chi connectivity index (χ2v) is 6.74. The number of primary amides is 1. The third-order valence-electron chi connectivity index (χ3n) is 3.40. The summed E-state index contributed by atoms with van der Waals surface area (Å²) in [7, 11) is 0. The first-order chi connectivity index (χ1) is 9.63. The van der Waals surface area contributed by atoms with E-state index in [-0.39, 0.29) is 11.6 Å². The Kier molecular flexibility index (Phi) is 4.17. The van der Waals surface area contributed by atoms with E-state index in [0.29, 0.717) is 16.9 Å². The number of alkyl halides is 1. The van der Waals surface area contributed by atoms with Crippen LogP contribution in [-0.2, 0) is 11.3 Å². The second-order valence-electron chi connectivity index (χ2n) is 5.68. The quantitative estimate of drug-likeness (QED) is 0.869. The minimum atomic E-state index is -0.797. The Morgan fingerprint density at radius 3 is 2.67 bits per heavy atom. The number of hydrogen-bond donors (Lipinski definition) is 1. The van der Waals surface area contributed by atoms with Crippen LogP contribution in [0.1, 0.15) is 32.0 Å². The molecule has 2 rings (SSSR count). The van der Waals surface area contributed by atoms with E-state index >= 15 is 0 Å². The molecule has 0 spiro atoms. The molecule has 1 amide bonds. The van der Waals surface area contributed by atoms with Gasteiger partial charge in [-0.3, -0.25) is 4.79 Å². The van der Waals surface area contributed by atoms with E-state index in [1.807, 2.05) is 0 Å². The SMILES string of the molecule is CC(Cl)c1nc2cc(F)c(Cl)cc2n1CC(C)(C)C(N)=O. The Bertz CT molecular complexity index is 710. The van der Waals surface area contributed by atoms with Crippen molar-refractivity contribution in [1.29, 1.82) is 0 Å². The third kappa shape index (κ3) is 2.99. The summed E-state index contributed by atoms with van der Waals surface area (Å²) in [4.78, 5) is 15.9. The summed E-state index contributed by atoms with van der Waals surface area (Å²) in [6.07, 6.45) is 0. The predicted molar refractivity (Wildman–Crippen MR) is 81.9 cm³/mol. The van der Waals surface area contributed by atoms with E-state index in [4.69, 9.17) is 28.9 Å². The van der Waals surface area contributed by atoms with Crippen molar-refractivity contribution in [3.63, 3.8) is 0 Å². The van der Waals surface area contributed by atoms with Crippen LogP contribution in [0.3, 0.4) is 0 Å². The van der Waals surface area contributed by atoms with Gasteiger partial charge in [-0.1, -0.05) is 11.6 Å². The number of amides is 1. The van der Waals surface area contributed by atoms with Crippen LogP contribution in [0.5, 0.6) is 0 Å². The molecule has 0 radical (unpaired) electrons. The van der Waals surface area contributed by atoms with Crippen molar-refractivity contribution < 1.29 is 9.18 Å². The van der Waals surface area contributed by atoms with Gasteiger partial charge in [0.05, 0.1) is 26.8 Å². The summed E-state index contributed by atoms with van der Waals surface area (Å²) >= 11 is 12.0. The molecule has 1 aromatic heterocycles. The Morgan fingerprint density at radius 1 is 1.52 bits per heavy atom. The van der Waals surface area contributed by atoms with E-state index in [1.165, 1.54) is 12.1 Å². The summed E-state index contributed by atoms with van der Waals surface area (Å²) in [6.45, 7) is 5.51. The Hall–Kier alpha value is -1.33. The maximum atomic E-state index is 13.6. The number of carbonyl (C=O) groups is 1. The topological polar surface area (TPSA) is 60.9 Å². The van der Waals surface area contributed by atoms with Crippen LogP contribution in [-0.4, -0.2) is 15.5 Å². The highest BCUT2D eigenvalue weighted by Gasteiger charge is 2.28. The number of benzene rings is 1. The van der Waals surface area contributed by atoms with Crippen LogP contribution >= 0.6 is 23.2 Å². The monoisotopic (exact) mass is 331 g/mol. The van der Waals surface area contributed by atoms with Crippen molar-refractivity contribution in [1.82, 2.24) is 9.55 Å². The molecule has 7 heteroatoms. The molecule has 0 aliphatic rings. The molecule has 1 unspecified atom stereocenters. The number of halogens is 3. The molecule has 1 atom stereocenters. The number of rotatable bonds is 4. The second kappa shape index (κ2) is 5.46. The Labute approximate surface area is 132 Å². The first-order valence-electron chi connectivity index (χ1n) is 6.42. The number of nitrogens with zero attached hydrogens (tertiary/aromatic N) is 2. The average Bonchev–Trinajstić information content (AvgIpc) is 2.68. The highest BCUT2D eigenvalue weighted by atomic mass is 35.5. The van der Waals surface area contributed by atoms with Crippen molar-refractivity contribution >= 4 is 40.1 Å². The molecule has 0 saturated carbocycles. The maximum Gasteiger partial charge on any atom is 0.224 e. The molecule has 1 heterocycles. The number of nitrogens with two attached hydrogens (primary N) is 1. The van der Waals surface area contributed by atoms with Crippen molar-refractivity contribution in [2.24, 2.45) is 11.1 Å². The van der Waals surface area contributed by atoms with Gasteiger partial charge in [0.2, 0.25) is 5.91 Å². The third-order valence-corrected chi connectivity index (χ3v) is 3.88. The van der Waals surface area contributed by atoms with Crippen LogP contribution < -0.4 is 5.73 Å². The van der Waals surface area contributed by atoms with E-state index in [1.54, 1.807) is 25.3 Å². The lowest BCUT2D eigenvalue weighted by atomic mass is 9.92. The van der Waals surface area contributed by atoms with E-state index < -0.39 is 22.5 Å².